The lowest BCUT2D eigenvalue weighted by molar-refractivity contribution is 0.0511. The Kier molecular flexibility index (Phi) is 3.74. The van der Waals surface area contributed by atoms with Gasteiger partial charge in [-0.15, -0.1) is 0 Å². The Balaban J connectivity index is 1.62. The van der Waals surface area contributed by atoms with Gasteiger partial charge in [-0.1, -0.05) is 38.3 Å². The van der Waals surface area contributed by atoms with E-state index in [-0.39, 0.29) is 11.0 Å². The monoisotopic (exact) mass is 362 g/mol. The van der Waals surface area contributed by atoms with Crippen molar-refractivity contribution in [2.24, 2.45) is 22.1 Å². The molecule has 1 aromatic heterocycles. The summed E-state index contributed by atoms with van der Waals surface area (Å²) >= 11 is 0. The molecule has 1 fully saturated rings. The average Bonchev–Trinajstić information content (AvgIpc) is 3.24. The van der Waals surface area contributed by atoms with Crippen LogP contribution in [0.15, 0.2) is 41.9 Å². The van der Waals surface area contributed by atoms with E-state index in [2.05, 4.69) is 35.1 Å². The van der Waals surface area contributed by atoms with E-state index >= 15 is 0 Å². The van der Waals surface area contributed by atoms with Gasteiger partial charge in [0, 0.05) is 23.9 Å². The first-order chi connectivity index (χ1) is 13.1. The zero-order chi connectivity index (χ0) is 18.5. The molecule has 1 spiro atoms. The van der Waals surface area contributed by atoms with Gasteiger partial charge in [0.1, 0.15) is 18.5 Å². The van der Waals surface area contributed by atoms with Crippen molar-refractivity contribution in [3.05, 3.63) is 48.0 Å². The highest BCUT2D eigenvalue weighted by molar-refractivity contribution is 5.75. The summed E-state index contributed by atoms with van der Waals surface area (Å²) in [6, 6.07) is 7.04. The molecular weight excluding hydrogens is 336 g/mol. The van der Waals surface area contributed by atoms with E-state index in [1.54, 1.807) is 6.33 Å². The molecule has 2 N–H and O–H groups in total. The van der Waals surface area contributed by atoms with Gasteiger partial charge in [-0.25, -0.2) is 15.0 Å². The molecule has 2 heterocycles. The van der Waals surface area contributed by atoms with Gasteiger partial charge in [-0.3, -0.25) is 0 Å². The maximum Gasteiger partial charge on any atom is 0.283 e. The zero-order valence-electron chi connectivity index (χ0n) is 15.8. The molecule has 27 heavy (non-hydrogen) atoms. The number of rotatable bonds is 2. The first-order valence-corrected chi connectivity index (χ1v) is 9.98. The molecule has 2 aliphatic carbocycles. The Bertz CT molecular complexity index is 888. The predicted molar refractivity (Wildman–Crippen MR) is 105 cm³/mol. The van der Waals surface area contributed by atoms with Crippen molar-refractivity contribution in [2.75, 3.05) is 6.61 Å². The van der Waals surface area contributed by atoms with Crippen LogP contribution in [-0.4, -0.2) is 22.6 Å². The average molecular weight is 362 g/mol. The summed E-state index contributed by atoms with van der Waals surface area (Å²) in [6.07, 6.45) is 12.8. The molecule has 1 saturated carbocycles. The van der Waals surface area contributed by atoms with E-state index in [1.807, 2.05) is 12.4 Å². The first kappa shape index (κ1) is 16.7. The lowest BCUT2D eigenvalue weighted by Gasteiger charge is -2.44. The topological polar surface area (TPSA) is 73.4 Å². The second-order valence-electron chi connectivity index (χ2n) is 8.63. The molecule has 0 radical (unpaired) electrons. The number of hydrogen-bond acceptors (Lipinski definition) is 5. The number of fused-ring (bicyclic) bond motifs is 2. The molecule has 0 saturated heterocycles. The van der Waals surface area contributed by atoms with Crippen molar-refractivity contribution in [3.63, 3.8) is 0 Å². The molecule has 5 nitrogen and oxygen atoms in total. The molecule has 1 aliphatic heterocycles. The Labute approximate surface area is 160 Å². The number of hydrogen-bond donors (Lipinski definition) is 1. The molecule has 5 rings (SSSR count). The van der Waals surface area contributed by atoms with Gasteiger partial charge in [0.2, 0.25) is 0 Å². The molecule has 0 bridgehead atoms. The third-order valence-corrected chi connectivity index (χ3v) is 7.06. The summed E-state index contributed by atoms with van der Waals surface area (Å²) < 4.78 is 5.76. The maximum atomic E-state index is 6.04. The highest BCUT2D eigenvalue weighted by Gasteiger charge is 2.57. The molecule has 0 amide bonds. The highest BCUT2D eigenvalue weighted by atomic mass is 16.5. The summed E-state index contributed by atoms with van der Waals surface area (Å²) in [4.78, 5) is 13.3. The van der Waals surface area contributed by atoms with E-state index in [1.165, 1.54) is 43.2 Å². The zero-order valence-corrected chi connectivity index (χ0v) is 15.8. The van der Waals surface area contributed by atoms with Crippen molar-refractivity contribution in [1.29, 1.82) is 0 Å². The van der Waals surface area contributed by atoms with Gasteiger partial charge in [0.05, 0.1) is 0 Å². The van der Waals surface area contributed by atoms with Crippen molar-refractivity contribution < 1.29 is 4.74 Å². The van der Waals surface area contributed by atoms with Crippen LogP contribution in [0, 0.1) is 11.3 Å². The van der Waals surface area contributed by atoms with Crippen molar-refractivity contribution >= 4 is 6.02 Å². The van der Waals surface area contributed by atoms with Crippen LogP contribution in [-0.2, 0) is 16.7 Å². The third kappa shape index (κ3) is 2.55. The molecule has 5 heteroatoms. The number of nitrogens with two attached hydrogens (primary N) is 1. The normalized spacial score (nSPS) is 28.6. The smallest absolute Gasteiger partial charge is 0.283 e. The molecule has 2 aromatic rings. The van der Waals surface area contributed by atoms with E-state index in [0.717, 1.165) is 17.5 Å². The summed E-state index contributed by atoms with van der Waals surface area (Å²) in [5.74, 6) is 0.434. The molecule has 2 atom stereocenters. The van der Waals surface area contributed by atoms with Crippen LogP contribution in [0.1, 0.15) is 50.2 Å². The van der Waals surface area contributed by atoms with Gasteiger partial charge >= 0.3 is 0 Å². The van der Waals surface area contributed by atoms with E-state index < -0.39 is 0 Å². The Hall–Kier alpha value is -2.43. The van der Waals surface area contributed by atoms with Crippen LogP contribution in [0.2, 0.25) is 0 Å². The quantitative estimate of drug-likeness (QED) is 0.881. The highest BCUT2D eigenvalue weighted by Crippen LogP contribution is 2.58. The lowest BCUT2D eigenvalue weighted by Crippen LogP contribution is -2.43. The summed E-state index contributed by atoms with van der Waals surface area (Å²) in [7, 11) is 0. The van der Waals surface area contributed by atoms with E-state index in [9.17, 15) is 0 Å². The van der Waals surface area contributed by atoms with Crippen molar-refractivity contribution in [2.45, 2.75) is 51.0 Å². The largest absolute Gasteiger partial charge is 0.462 e. The minimum absolute atomic E-state index is 0.283. The van der Waals surface area contributed by atoms with Crippen LogP contribution in [0.4, 0.5) is 0 Å². The fraction of sp³-hybridized carbons (Fsp3) is 0.500. The van der Waals surface area contributed by atoms with Crippen LogP contribution in [0.25, 0.3) is 11.1 Å². The minimum Gasteiger partial charge on any atom is -0.462 e. The van der Waals surface area contributed by atoms with Crippen LogP contribution in [0.3, 0.4) is 0 Å². The number of amidine groups is 1. The van der Waals surface area contributed by atoms with Gasteiger partial charge in [0.15, 0.2) is 0 Å². The Morgan fingerprint density at radius 2 is 1.85 bits per heavy atom. The summed E-state index contributed by atoms with van der Waals surface area (Å²) in [5, 5.41) is 0. The van der Waals surface area contributed by atoms with Gasteiger partial charge in [-0.05, 0) is 47.4 Å². The van der Waals surface area contributed by atoms with Gasteiger partial charge in [-0.2, -0.15) is 0 Å². The lowest BCUT2D eigenvalue weighted by atomic mass is 9.61. The van der Waals surface area contributed by atoms with Crippen LogP contribution in [0.5, 0.6) is 0 Å². The molecular formula is C22H26N4O. The fourth-order valence-electron chi connectivity index (χ4n) is 5.65. The standard InChI is InChI=1S/C22H26N4O/c1-21(7-3-2-4-8-21)19-10-16-6-5-15(17-11-24-14-25-12-17)9-18(16)22(19)13-27-20(23)26-22/h5-6,9,11-12,14,19H,2-4,7-8,10,13H2,1H3,(H2,23,26). The number of aliphatic imine (C=N–C) groups is 1. The number of nitrogens with zero attached hydrogens (tertiary/aromatic N) is 3. The van der Waals surface area contributed by atoms with Crippen molar-refractivity contribution in [1.82, 2.24) is 9.97 Å². The Morgan fingerprint density at radius 1 is 1.07 bits per heavy atom. The molecule has 1 aromatic carbocycles. The SMILES string of the molecule is CC1(C2Cc3ccc(-c4cncnc4)cc3C23COC(N)=N3)CCCCC1. The molecule has 3 aliphatic rings. The van der Waals surface area contributed by atoms with Crippen molar-refractivity contribution in [3.8, 4) is 11.1 Å². The fourth-order valence-corrected chi connectivity index (χ4v) is 5.65. The summed E-state index contributed by atoms with van der Waals surface area (Å²) in [5.41, 5.74) is 10.8. The van der Waals surface area contributed by atoms with E-state index in [0.29, 0.717) is 18.5 Å². The van der Waals surface area contributed by atoms with E-state index in [4.69, 9.17) is 15.5 Å². The van der Waals surface area contributed by atoms with Gasteiger partial charge < -0.3 is 10.5 Å². The molecule has 2 unspecified atom stereocenters. The number of ether oxygens (including phenoxy) is 1. The van der Waals surface area contributed by atoms with Gasteiger partial charge in [0.25, 0.3) is 6.02 Å². The maximum absolute atomic E-state index is 6.04. The van der Waals surface area contributed by atoms with Crippen LogP contribution >= 0.6 is 0 Å². The second-order valence-corrected chi connectivity index (χ2v) is 8.63. The second kappa shape index (κ2) is 6.04. The summed E-state index contributed by atoms with van der Waals surface area (Å²) in [6.45, 7) is 3.02. The predicted octanol–water partition coefficient (Wildman–Crippen LogP) is 3.83. The first-order valence-electron chi connectivity index (χ1n) is 9.98. The van der Waals surface area contributed by atoms with Crippen LogP contribution < -0.4 is 5.73 Å². The number of aromatic nitrogens is 2. The minimum atomic E-state index is -0.350. The molecule has 140 valence electrons. The number of benzene rings is 1. The third-order valence-electron chi connectivity index (χ3n) is 7.06. The Morgan fingerprint density at radius 3 is 2.56 bits per heavy atom.